The molecule has 0 spiro atoms. The van der Waals surface area contributed by atoms with Crippen LogP contribution in [0.5, 0.6) is 0 Å². The average molecular weight is 561 g/mol. The molecule has 0 radical (unpaired) electrons. The Hall–Kier alpha value is 0.969. The molecule has 1 nitrogen and oxygen atoms in total. The van der Waals surface area contributed by atoms with E-state index in [9.17, 15) is 4.89 Å². The van der Waals surface area contributed by atoms with Crippen molar-refractivity contribution in [2.45, 2.75) is 62.3 Å². The minimum atomic E-state index is -0.659. The summed E-state index contributed by atoms with van der Waals surface area (Å²) >= 11 is -0.556. The van der Waals surface area contributed by atoms with Gasteiger partial charge in [-0.3, -0.25) is 0 Å². The van der Waals surface area contributed by atoms with Crippen LogP contribution in [0.15, 0.2) is 0 Å². The summed E-state index contributed by atoms with van der Waals surface area (Å²) in [6.07, 6.45) is 2.01. The molecule has 140 valence electrons. The van der Waals surface area contributed by atoms with Gasteiger partial charge >= 0.3 is 34.8 Å². The first-order valence-corrected chi connectivity index (χ1v) is 15.6. The Bertz CT molecular complexity index is 341. The summed E-state index contributed by atoms with van der Waals surface area (Å²) in [6, 6.07) is 0. The number of rotatable bonds is 4. The normalized spacial score (nSPS) is 10.7. The van der Waals surface area contributed by atoms with Gasteiger partial charge < -0.3 is 4.89 Å². The van der Waals surface area contributed by atoms with E-state index >= 15 is 0 Å². The molecule has 1 aromatic rings. The average Bonchev–Trinajstić information content (AvgIpc) is 2.57. The fourth-order valence-electron chi connectivity index (χ4n) is 2.32. The van der Waals surface area contributed by atoms with E-state index in [1.807, 2.05) is 0 Å². The van der Waals surface area contributed by atoms with Gasteiger partial charge in [0.15, 0.2) is 0 Å². The fourth-order valence-corrected chi connectivity index (χ4v) is 4.16. The van der Waals surface area contributed by atoms with Crippen molar-refractivity contribution in [2.75, 3.05) is 12.3 Å². The summed E-state index contributed by atoms with van der Waals surface area (Å²) in [6.45, 7) is 19.6. The standard InChI is InChI=1S/C10H15.C8H19OP.2ClH.Ir/c1-6-7(2)9(4)10(5)8(6)3;1-7(2)5-10(9)6-8(3)4;;;/h1-5H3;7-9H,5-6H2,1-4H3;2*1H;/q-1;;;;+3/p-2. The van der Waals surface area contributed by atoms with Crippen molar-refractivity contribution < 1.29 is 20.6 Å². The van der Waals surface area contributed by atoms with Crippen LogP contribution in [0, 0.1) is 46.5 Å². The van der Waals surface area contributed by atoms with Crippen LogP contribution in [0.1, 0.15) is 55.5 Å². The molecule has 1 aromatic carbocycles. The zero-order valence-corrected chi connectivity index (χ0v) is 20.9. The predicted octanol–water partition coefficient (Wildman–Crippen LogP) is 7.01. The molecule has 0 atom stereocenters. The van der Waals surface area contributed by atoms with Gasteiger partial charge in [0.25, 0.3) is 0 Å². The van der Waals surface area contributed by atoms with Crippen LogP contribution in [0.25, 0.3) is 0 Å². The Morgan fingerprint density at radius 1 is 0.913 bits per heavy atom. The molecule has 0 amide bonds. The molecular weight excluding hydrogens is 526 g/mol. The van der Waals surface area contributed by atoms with E-state index in [1.165, 1.54) is 27.8 Å². The van der Waals surface area contributed by atoms with Crippen molar-refractivity contribution in [3.8, 4) is 0 Å². The third-order valence-electron chi connectivity index (χ3n) is 3.96. The molecule has 23 heavy (non-hydrogen) atoms. The minimum absolute atomic E-state index is 0.556. The first-order chi connectivity index (χ1) is 10.5. The van der Waals surface area contributed by atoms with E-state index in [0.717, 1.165) is 12.3 Å². The molecule has 0 heterocycles. The van der Waals surface area contributed by atoms with Crippen LogP contribution in [-0.2, 0) is 15.7 Å². The van der Waals surface area contributed by atoms with Crippen molar-refractivity contribution in [3.05, 3.63) is 27.8 Å². The van der Waals surface area contributed by atoms with Crippen LogP contribution in [0.4, 0.5) is 0 Å². The van der Waals surface area contributed by atoms with Crippen LogP contribution < -0.4 is 0 Å². The second-order valence-electron chi connectivity index (χ2n) is 6.83. The first-order valence-electron chi connectivity index (χ1n) is 7.96. The maximum atomic E-state index is 9.45. The van der Waals surface area contributed by atoms with Crippen molar-refractivity contribution in [3.63, 3.8) is 0 Å². The molecule has 0 aliphatic rings. The Morgan fingerprint density at radius 3 is 1.30 bits per heavy atom. The maximum absolute atomic E-state index is 9.45. The van der Waals surface area contributed by atoms with Gasteiger partial charge in [-0.2, -0.15) is 27.8 Å². The van der Waals surface area contributed by atoms with E-state index in [4.69, 9.17) is 19.2 Å². The molecule has 0 fully saturated rings. The summed E-state index contributed by atoms with van der Waals surface area (Å²) in [5.74, 6) is 1.30. The number of halogens is 2. The second-order valence-corrected chi connectivity index (χ2v) is 12.0. The third kappa shape index (κ3) is 12.0. The van der Waals surface area contributed by atoms with Gasteiger partial charge in [-0.05, 0) is 24.2 Å². The van der Waals surface area contributed by atoms with E-state index in [2.05, 4.69) is 62.3 Å². The Morgan fingerprint density at radius 2 is 1.17 bits per heavy atom. The van der Waals surface area contributed by atoms with Crippen molar-refractivity contribution in [1.82, 2.24) is 0 Å². The molecular formula is C18H34Cl2IrOP. The Kier molecular flexibility index (Phi) is 16.1. The van der Waals surface area contributed by atoms with Gasteiger partial charge in [-0.1, -0.05) is 62.3 Å². The monoisotopic (exact) mass is 560 g/mol. The van der Waals surface area contributed by atoms with Crippen molar-refractivity contribution >= 4 is 27.3 Å². The van der Waals surface area contributed by atoms with E-state index < -0.39 is 23.8 Å². The van der Waals surface area contributed by atoms with Crippen LogP contribution in [0.2, 0.25) is 0 Å². The summed E-state index contributed by atoms with van der Waals surface area (Å²) in [5.41, 5.74) is 7.34. The Balaban J connectivity index is 0. The van der Waals surface area contributed by atoms with Crippen molar-refractivity contribution in [1.29, 1.82) is 0 Å². The van der Waals surface area contributed by atoms with Crippen LogP contribution >= 0.6 is 27.3 Å². The molecule has 0 aliphatic carbocycles. The van der Waals surface area contributed by atoms with Crippen LogP contribution in [-0.4, -0.2) is 17.2 Å². The van der Waals surface area contributed by atoms with Crippen molar-refractivity contribution in [2.24, 2.45) is 11.8 Å². The van der Waals surface area contributed by atoms with Gasteiger partial charge in [0.05, 0.1) is 0 Å². The predicted molar refractivity (Wildman–Crippen MR) is 106 cm³/mol. The summed E-state index contributed by atoms with van der Waals surface area (Å²) in [7, 11) is 9.12. The summed E-state index contributed by atoms with van der Waals surface area (Å²) in [4.78, 5) is 9.45. The van der Waals surface area contributed by atoms with E-state index in [1.54, 1.807) is 0 Å². The van der Waals surface area contributed by atoms with Gasteiger partial charge in [-0.15, -0.1) is 0 Å². The molecule has 0 saturated heterocycles. The molecule has 0 saturated carbocycles. The molecule has 0 bridgehead atoms. The van der Waals surface area contributed by atoms with E-state index in [0.29, 0.717) is 11.8 Å². The zero-order valence-electron chi connectivity index (χ0n) is 16.1. The zero-order chi connectivity index (χ0) is 18.7. The summed E-state index contributed by atoms with van der Waals surface area (Å²) < 4.78 is 0. The molecule has 0 unspecified atom stereocenters. The molecule has 1 N–H and O–H groups in total. The number of hydrogen-bond acceptors (Lipinski definition) is 1. The Labute approximate surface area is 161 Å². The van der Waals surface area contributed by atoms with Gasteiger partial charge in [0, 0.05) is 8.15 Å². The summed E-state index contributed by atoms with van der Waals surface area (Å²) in [5, 5.41) is 0. The van der Waals surface area contributed by atoms with Crippen LogP contribution in [0.3, 0.4) is 0 Å². The van der Waals surface area contributed by atoms with E-state index in [-0.39, 0.29) is 0 Å². The first kappa shape index (κ1) is 26.2. The second kappa shape index (κ2) is 14.2. The third-order valence-corrected chi connectivity index (χ3v) is 6.27. The number of hydrogen-bond donors (Lipinski definition) is 1. The quantitative estimate of drug-likeness (QED) is 0.310. The fraction of sp³-hybridized carbons (Fsp3) is 0.722. The molecule has 0 aromatic heterocycles. The topological polar surface area (TPSA) is 20.2 Å². The van der Waals surface area contributed by atoms with Gasteiger partial charge in [0.2, 0.25) is 0 Å². The van der Waals surface area contributed by atoms with Gasteiger partial charge in [0.1, 0.15) is 0 Å². The molecule has 5 heteroatoms. The molecule has 0 aliphatic heterocycles. The van der Waals surface area contributed by atoms with Gasteiger partial charge in [-0.25, -0.2) is 0 Å². The SMILES string of the molecule is CC(C)CP(O)CC(C)C.Cc1c(C)c(C)[c-](C)c1C.[Cl][Ir+][Cl]. The molecule has 1 rings (SSSR count).